The summed E-state index contributed by atoms with van der Waals surface area (Å²) in [6, 6.07) is 9.71. The van der Waals surface area contributed by atoms with Gasteiger partial charge in [0.1, 0.15) is 5.60 Å². The van der Waals surface area contributed by atoms with Crippen LogP contribution in [0.1, 0.15) is 59.4 Å². The fourth-order valence-corrected chi connectivity index (χ4v) is 5.40. The number of aliphatic hydroxyl groups is 1. The number of rotatable bonds is 6. The fraction of sp³-hybridized carbons (Fsp3) is 0.500. The van der Waals surface area contributed by atoms with Crippen LogP contribution in [0, 0.1) is 12.8 Å². The minimum Gasteiger partial charge on any atom is -0.384 e. The SMILES string of the molecule is Cc1cccc(C2(O)CCC([C@]3(NC(=O)CNC(=O)c4cccc(C(F)(F)F)c4)CCNC3)CC2)n1. The van der Waals surface area contributed by atoms with Gasteiger partial charge in [-0.25, -0.2) is 0 Å². The number of hydrogen-bond donors (Lipinski definition) is 4. The first-order chi connectivity index (χ1) is 17.0. The Bertz CT molecular complexity index is 1110. The molecule has 7 nitrogen and oxygen atoms in total. The van der Waals surface area contributed by atoms with E-state index in [4.69, 9.17) is 0 Å². The Hall–Kier alpha value is -2.98. The van der Waals surface area contributed by atoms with Gasteiger partial charge in [-0.1, -0.05) is 12.1 Å². The number of amides is 2. The molecule has 2 heterocycles. The molecule has 2 aromatic rings. The highest BCUT2D eigenvalue weighted by Crippen LogP contribution is 2.44. The molecule has 4 rings (SSSR count). The average molecular weight is 505 g/mol. The van der Waals surface area contributed by atoms with Crippen LogP contribution in [-0.4, -0.2) is 47.1 Å². The molecular weight excluding hydrogens is 473 g/mol. The van der Waals surface area contributed by atoms with E-state index in [-0.39, 0.29) is 18.0 Å². The second kappa shape index (κ2) is 10.2. The number of alkyl halides is 3. The Kier molecular flexibility index (Phi) is 7.38. The molecule has 4 N–H and O–H groups in total. The number of halogens is 3. The molecule has 36 heavy (non-hydrogen) atoms. The highest BCUT2D eigenvalue weighted by Gasteiger charge is 2.47. The first-order valence-electron chi connectivity index (χ1n) is 12.1. The van der Waals surface area contributed by atoms with Gasteiger partial charge >= 0.3 is 6.18 Å². The van der Waals surface area contributed by atoms with Gasteiger partial charge in [0.2, 0.25) is 5.91 Å². The third-order valence-electron chi connectivity index (χ3n) is 7.40. The maximum atomic E-state index is 12.9. The summed E-state index contributed by atoms with van der Waals surface area (Å²) in [6.45, 7) is 2.85. The second-order valence-electron chi connectivity index (χ2n) is 9.86. The molecule has 2 aliphatic rings. The van der Waals surface area contributed by atoms with Gasteiger partial charge in [-0.2, -0.15) is 13.2 Å². The normalized spacial score (nSPS) is 26.4. The van der Waals surface area contributed by atoms with Gasteiger partial charge in [-0.05, 0) is 81.8 Å². The fourth-order valence-electron chi connectivity index (χ4n) is 5.40. The molecule has 0 unspecified atom stereocenters. The summed E-state index contributed by atoms with van der Waals surface area (Å²) < 4.78 is 38.8. The summed E-state index contributed by atoms with van der Waals surface area (Å²) in [5.74, 6) is -1.02. The van der Waals surface area contributed by atoms with Crippen molar-refractivity contribution in [2.75, 3.05) is 19.6 Å². The number of hydrogen-bond acceptors (Lipinski definition) is 5. The van der Waals surface area contributed by atoms with Crippen molar-refractivity contribution in [2.24, 2.45) is 5.92 Å². The standard InChI is InChI=1S/C26H31F3N4O3/c1-17-4-2-7-21(32-17)25(36)10-8-19(9-11-25)24(12-13-30-16-24)33-22(34)15-31-23(35)18-5-3-6-20(14-18)26(27,28)29/h2-7,14,19,30,36H,8-13,15-16H2,1H3,(H,31,35)(H,33,34)/t19?,24-,25?/m0/s1. The summed E-state index contributed by atoms with van der Waals surface area (Å²) in [5, 5.41) is 20.0. The highest BCUT2D eigenvalue weighted by molar-refractivity contribution is 5.96. The van der Waals surface area contributed by atoms with Gasteiger partial charge in [-0.15, -0.1) is 0 Å². The summed E-state index contributed by atoms with van der Waals surface area (Å²) in [6.07, 6.45) is -1.39. The molecule has 1 aromatic carbocycles. The smallest absolute Gasteiger partial charge is 0.384 e. The maximum absolute atomic E-state index is 12.9. The van der Waals surface area contributed by atoms with Crippen LogP contribution in [0.15, 0.2) is 42.5 Å². The molecule has 2 fully saturated rings. The minimum absolute atomic E-state index is 0.126. The zero-order chi connectivity index (χ0) is 26.0. The molecule has 0 spiro atoms. The third kappa shape index (κ3) is 5.70. The van der Waals surface area contributed by atoms with E-state index >= 15 is 0 Å². The van der Waals surface area contributed by atoms with E-state index in [1.807, 2.05) is 25.1 Å². The number of aryl methyl sites for hydroxylation is 1. The topological polar surface area (TPSA) is 103 Å². The molecule has 1 atom stereocenters. The monoisotopic (exact) mass is 504 g/mol. The van der Waals surface area contributed by atoms with Crippen molar-refractivity contribution in [1.29, 1.82) is 0 Å². The van der Waals surface area contributed by atoms with Gasteiger partial charge < -0.3 is 21.1 Å². The predicted molar refractivity (Wildman–Crippen MR) is 127 cm³/mol. The van der Waals surface area contributed by atoms with Crippen LogP contribution < -0.4 is 16.0 Å². The summed E-state index contributed by atoms with van der Waals surface area (Å²) >= 11 is 0. The van der Waals surface area contributed by atoms with Crippen molar-refractivity contribution in [3.63, 3.8) is 0 Å². The van der Waals surface area contributed by atoms with Crippen LogP contribution in [0.3, 0.4) is 0 Å². The molecule has 1 aliphatic heterocycles. The molecule has 194 valence electrons. The number of carbonyl (C=O) groups is 2. The lowest BCUT2D eigenvalue weighted by Crippen LogP contribution is -2.58. The lowest BCUT2D eigenvalue weighted by Gasteiger charge is -2.44. The molecule has 0 bridgehead atoms. The van der Waals surface area contributed by atoms with Crippen molar-refractivity contribution in [1.82, 2.24) is 20.9 Å². The van der Waals surface area contributed by atoms with E-state index in [1.54, 1.807) is 0 Å². The molecule has 1 aliphatic carbocycles. The maximum Gasteiger partial charge on any atom is 0.416 e. The number of carbonyl (C=O) groups excluding carboxylic acids is 2. The third-order valence-corrected chi connectivity index (χ3v) is 7.40. The number of benzene rings is 1. The quantitative estimate of drug-likeness (QED) is 0.484. The lowest BCUT2D eigenvalue weighted by molar-refractivity contribution is -0.137. The van der Waals surface area contributed by atoms with Crippen molar-refractivity contribution < 1.29 is 27.9 Å². The Balaban J connectivity index is 1.36. The van der Waals surface area contributed by atoms with Crippen LogP contribution in [0.25, 0.3) is 0 Å². The number of pyridine rings is 1. The van der Waals surface area contributed by atoms with E-state index < -0.39 is 34.7 Å². The van der Waals surface area contributed by atoms with E-state index in [1.165, 1.54) is 6.07 Å². The predicted octanol–water partition coefficient (Wildman–Crippen LogP) is 3.06. The lowest BCUT2D eigenvalue weighted by atomic mass is 9.68. The van der Waals surface area contributed by atoms with Crippen LogP contribution in [0.2, 0.25) is 0 Å². The van der Waals surface area contributed by atoms with Crippen LogP contribution in [-0.2, 0) is 16.6 Å². The summed E-state index contributed by atoms with van der Waals surface area (Å²) in [4.78, 5) is 29.7. The van der Waals surface area contributed by atoms with E-state index in [0.29, 0.717) is 44.3 Å². The Morgan fingerprint density at radius 1 is 1.14 bits per heavy atom. The van der Waals surface area contributed by atoms with Crippen molar-refractivity contribution in [3.8, 4) is 0 Å². The van der Waals surface area contributed by atoms with Crippen LogP contribution in [0.5, 0.6) is 0 Å². The largest absolute Gasteiger partial charge is 0.416 e. The molecule has 10 heteroatoms. The first kappa shape index (κ1) is 26.1. The van der Waals surface area contributed by atoms with Crippen molar-refractivity contribution >= 4 is 11.8 Å². The number of aromatic nitrogens is 1. The van der Waals surface area contributed by atoms with Gasteiger partial charge in [0.05, 0.1) is 23.3 Å². The molecule has 1 saturated carbocycles. The van der Waals surface area contributed by atoms with Gasteiger partial charge in [0.15, 0.2) is 0 Å². The van der Waals surface area contributed by atoms with Crippen molar-refractivity contribution in [2.45, 2.75) is 56.3 Å². The first-order valence-corrected chi connectivity index (χ1v) is 12.1. The van der Waals surface area contributed by atoms with Crippen LogP contribution in [0.4, 0.5) is 13.2 Å². The molecule has 0 radical (unpaired) electrons. The summed E-state index contributed by atoms with van der Waals surface area (Å²) in [7, 11) is 0. The Morgan fingerprint density at radius 3 is 2.50 bits per heavy atom. The van der Waals surface area contributed by atoms with Crippen molar-refractivity contribution in [3.05, 3.63) is 65.0 Å². The van der Waals surface area contributed by atoms with Crippen LogP contribution >= 0.6 is 0 Å². The Morgan fingerprint density at radius 2 is 1.86 bits per heavy atom. The molecule has 1 saturated heterocycles. The van der Waals surface area contributed by atoms with E-state index in [2.05, 4.69) is 20.9 Å². The van der Waals surface area contributed by atoms with Gasteiger partial charge in [-0.3, -0.25) is 14.6 Å². The van der Waals surface area contributed by atoms with E-state index in [9.17, 15) is 27.9 Å². The molecule has 2 amide bonds. The summed E-state index contributed by atoms with van der Waals surface area (Å²) in [5.41, 5.74) is -1.09. The van der Waals surface area contributed by atoms with Gasteiger partial charge in [0, 0.05) is 17.8 Å². The highest BCUT2D eigenvalue weighted by atomic mass is 19.4. The zero-order valence-corrected chi connectivity index (χ0v) is 20.1. The van der Waals surface area contributed by atoms with E-state index in [0.717, 1.165) is 30.4 Å². The van der Waals surface area contributed by atoms with Gasteiger partial charge in [0.25, 0.3) is 5.91 Å². The number of nitrogens with one attached hydrogen (secondary N) is 3. The Labute approximate surface area is 207 Å². The second-order valence-corrected chi connectivity index (χ2v) is 9.86. The number of nitrogens with zero attached hydrogens (tertiary/aromatic N) is 1. The average Bonchev–Trinajstić information content (AvgIpc) is 3.32. The zero-order valence-electron chi connectivity index (χ0n) is 20.1. The molecule has 1 aromatic heterocycles. The molecular formula is C26H31F3N4O3. The minimum atomic E-state index is -4.56.